The Morgan fingerprint density at radius 2 is 2.00 bits per heavy atom. The number of aromatic nitrogens is 2. The standard InChI is InChI=1S/C14H24N4O.C7H10O/c1-14(2,3)9-4-6-10(7-5-9)17-13(19)12-11(15)8-16-18-12;1-3-5-7(4-2)6-8/h8-10H,4-7,15H2,1-3H3,(H,16,18)(H,17,19);3-4,6-7H,1-2,5H2. The topological polar surface area (TPSA) is 101 Å². The molecule has 1 heterocycles. The number of aldehydes is 1. The smallest absolute Gasteiger partial charge is 0.271 e. The van der Waals surface area contributed by atoms with E-state index in [9.17, 15) is 9.59 Å². The van der Waals surface area contributed by atoms with Crippen molar-refractivity contribution in [2.45, 2.75) is 58.9 Å². The van der Waals surface area contributed by atoms with E-state index in [-0.39, 0.29) is 17.9 Å². The van der Waals surface area contributed by atoms with Crippen molar-refractivity contribution in [1.82, 2.24) is 15.5 Å². The van der Waals surface area contributed by atoms with Crippen molar-refractivity contribution in [2.24, 2.45) is 17.3 Å². The molecule has 1 aromatic rings. The zero-order valence-electron chi connectivity index (χ0n) is 16.8. The normalized spacial score (nSPS) is 20.6. The molecule has 6 heteroatoms. The maximum atomic E-state index is 12.0. The highest BCUT2D eigenvalue weighted by Gasteiger charge is 2.30. The van der Waals surface area contributed by atoms with Crippen LogP contribution in [0, 0.1) is 17.3 Å². The van der Waals surface area contributed by atoms with Gasteiger partial charge >= 0.3 is 0 Å². The third-order valence-electron chi connectivity index (χ3n) is 5.10. The van der Waals surface area contributed by atoms with Gasteiger partial charge in [-0.05, 0) is 43.4 Å². The molecule has 1 saturated carbocycles. The molecular weight excluding hydrogens is 340 g/mol. The molecule has 1 aromatic heterocycles. The second kappa shape index (κ2) is 10.7. The van der Waals surface area contributed by atoms with Crippen LogP contribution in [-0.2, 0) is 4.79 Å². The summed E-state index contributed by atoms with van der Waals surface area (Å²) in [6, 6.07) is 0.258. The van der Waals surface area contributed by atoms with E-state index in [0.29, 0.717) is 23.2 Å². The van der Waals surface area contributed by atoms with E-state index >= 15 is 0 Å². The number of hydrogen-bond donors (Lipinski definition) is 3. The Bertz CT molecular complexity index is 614. The number of allylic oxidation sites excluding steroid dienone is 2. The number of carbonyl (C=O) groups excluding carboxylic acids is 2. The summed E-state index contributed by atoms with van der Waals surface area (Å²) < 4.78 is 0. The van der Waals surface area contributed by atoms with Gasteiger partial charge in [-0.15, -0.1) is 13.2 Å². The van der Waals surface area contributed by atoms with Gasteiger partial charge in [0.05, 0.1) is 11.9 Å². The predicted octanol–water partition coefficient (Wildman–Crippen LogP) is 3.89. The number of nitrogens with zero attached hydrogens (tertiary/aromatic N) is 1. The SMILES string of the molecule is C=CCC(C=C)C=O.CC(C)(C)C1CCC(NC(=O)c2[nH]ncc2N)CC1. The molecule has 0 aliphatic heterocycles. The molecule has 1 amide bonds. The third-order valence-corrected chi connectivity index (χ3v) is 5.10. The molecule has 2 rings (SSSR count). The molecule has 1 aliphatic carbocycles. The first-order valence-corrected chi connectivity index (χ1v) is 9.51. The summed E-state index contributed by atoms with van der Waals surface area (Å²) in [5.74, 6) is 0.569. The monoisotopic (exact) mass is 374 g/mol. The molecular formula is C21H34N4O2. The second-order valence-electron chi connectivity index (χ2n) is 8.15. The Morgan fingerprint density at radius 3 is 2.37 bits per heavy atom. The van der Waals surface area contributed by atoms with Crippen LogP contribution in [0.2, 0.25) is 0 Å². The van der Waals surface area contributed by atoms with Gasteiger partial charge in [0.1, 0.15) is 12.0 Å². The fourth-order valence-corrected chi connectivity index (χ4v) is 3.24. The zero-order valence-corrected chi connectivity index (χ0v) is 16.8. The van der Waals surface area contributed by atoms with Gasteiger partial charge in [-0.2, -0.15) is 5.10 Å². The van der Waals surface area contributed by atoms with Gasteiger partial charge in [0.2, 0.25) is 0 Å². The minimum absolute atomic E-state index is 0.0347. The zero-order chi connectivity index (χ0) is 20.4. The molecule has 1 aliphatic rings. The molecule has 0 radical (unpaired) electrons. The van der Waals surface area contributed by atoms with Gasteiger partial charge in [-0.1, -0.05) is 32.9 Å². The summed E-state index contributed by atoms with van der Waals surface area (Å²) in [6.07, 6.45) is 10.8. The van der Waals surface area contributed by atoms with Gasteiger partial charge in [0.15, 0.2) is 0 Å². The predicted molar refractivity (Wildman–Crippen MR) is 110 cm³/mol. The van der Waals surface area contributed by atoms with Gasteiger partial charge in [0.25, 0.3) is 5.91 Å². The highest BCUT2D eigenvalue weighted by atomic mass is 16.2. The van der Waals surface area contributed by atoms with Gasteiger partial charge < -0.3 is 15.8 Å². The number of hydrogen-bond acceptors (Lipinski definition) is 4. The van der Waals surface area contributed by atoms with Crippen molar-refractivity contribution in [3.8, 4) is 0 Å². The lowest BCUT2D eigenvalue weighted by molar-refractivity contribution is -0.109. The molecule has 0 saturated heterocycles. The molecule has 1 atom stereocenters. The summed E-state index contributed by atoms with van der Waals surface area (Å²) in [5, 5.41) is 9.45. The molecule has 0 aromatic carbocycles. The largest absolute Gasteiger partial charge is 0.396 e. The van der Waals surface area contributed by atoms with Gasteiger partial charge in [-0.3, -0.25) is 9.89 Å². The lowest BCUT2D eigenvalue weighted by Gasteiger charge is -2.37. The van der Waals surface area contributed by atoms with Crippen LogP contribution in [0.15, 0.2) is 31.5 Å². The molecule has 1 unspecified atom stereocenters. The van der Waals surface area contributed by atoms with Crippen molar-refractivity contribution < 1.29 is 9.59 Å². The number of carbonyl (C=O) groups is 2. The number of rotatable bonds is 6. The average molecular weight is 375 g/mol. The van der Waals surface area contributed by atoms with E-state index < -0.39 is 0 Å². The summed E-state index contributed by atoms with van der Waals surface area (Å²) >= 11 is 0. The summed E-state index contributed by atoms with van der Waals surface area (Å²) in [5.41, 5.74) is 6.81. The van der Waals surface area contributed by atoms with E-state index in [1.807, 2.05) is 0 Å². The van der Waals surface area contributed by atoms with Crippen LogP contribution in [-0.4, -0.2) is 28.4 Å². The molecule has 0 spiro atoms. The molecule has 6 nitrogen and oxygen atoms in total. The molecule has 0 bridgehead atoms. The van der Waals surface area contributed by atoms with Gasteiger partial charge in [0, 0.05) is 12.0 Å². The Balaban J connectivity index is 0.000000387. The van der Waals surface area contributed by atoms with Crippen LogP contribution < -0.4 is 11.1 Å². The first-order chi connectivity index (χ1) is 12.7. The minimum Gasteiger partial charge on any atom is -0.396 e. The van der Waals surface area contributed by atoms with Crippen molar-refractivity contribution in [1.29, 1.82) is 0 Å². The number of amides is 1. The van der Waals surface area contributed by atoms with E-state index in [0.717, 1.165) is 25.0 Å². The number of aromatic amines is 1. The fraction of sp³-hybridized carbons (Fsp3) is 0.571. The first kappa shape index (κ1) is 22.7. The van der Waals surface area contributed by atoms with E-state index in [1.165, 1.54) is 19.0 Å². The number of H-pyrrole nitrogens is 1. The highest BCUT2D eigenvalue weighted by Crippen LogP contribution is 2.37. The van der Waals surface area contributed by atoms with Crippen molar-refractivity contribution >= 4 is 17.9 Å². The highest BCUT2D eigenvalue weighted by molar-refractivity contribution is 5.97. The van der Waals surface area contributed by atoms with Crippen molar-refractivity contribution in [2.75, 3.05) is 5.73 Å². The average Bonchev–Trinajstić information content (AvgIpc) is 3.06. The van der Waals surface area contributed by atoms with Crippen molar-refractivity contribution in [3.05, 3.63) is 37.2 Å². The lowest BCUT2D eigenvalue weighted by Crippen LogP contribution is -2.39. The molecule has 27 heavy (non-hydrogen) atoms. The lowest BCUT2D eigenvalue weighted by atomic mass is 9.71. The van der Waals surface area contributed by atoms with E-state index in [1.54, 1.807) is 12.2 Å². The van der Waals surface area contributed by atoms with Crippen molar-refractivity contribution in [3.63, 3.8) is 0 Å². The molecule has 1 fully saturated rings. The fourth-order valence-electron chi connectivity index (χ4n) is 3.24. The first-order valence-electron chi connectivity index (χ1n) is 9.51. The van der Waals surface area contributed by atoms with Crippen LogP contribution in [0.25, 0.3) is 0 Å². The number of anilines is 1. The second-order valence-corrected chi connectivity index (χ2v) is 8.15. The third kappa shape index (κ3) is 7.41. The number of nitrogens with one attached hydrogen (secondary N) is 2. The van der Waals surface area contributed by atoms with Crippen LogP contribution in [0.3, 0.4) is 0 Å². The van der Waals surface area contributed by atoms with Crippen LogP contribution >= 0.6 is 0 Å². The quantitative estimate of drug-likeness (QED) is 0.519. The van der Waals surface area contributed by atoms with Crippen LogP contribution in [0.1, 0.15) is 63.4 Å². The minimum atomic E-state index is -0.144. The van der Waals surface area contributed by atoms with Gasteiger partial charge in [-0.25, -0.2) is 0 Å². The van der Waals surface area contributed by atoms with Crippen LogP contribution in [0.4, 0.5) is 5.69 Å². The number of nitrogens with two attached hydrogens (primary N) is 1. The number of nitrogen functional groups attached to an aromatic ring is 1. The Morgan fingerprint density at radius 1 is 1.37 bits per heavy atom. The Hall–Kier alpha value is -2.37. The summed E-state index contributed by atoms with van der Waals surface area (Å²) in [4.78, 5) is 22.0. The van der Waals surface area contributed by atoms with E-state index in [2.05, 4.69) is 49.4 Å². The maximum absolute atomic E-state index is 12.0. The van der Waals surface area contributed by atoms with E-state index in [4.69, 9.17) is 5.73 Å². The molecule has 150 valence electrons. The van der Waals surface area contributed by atoms with Crippen LogP contribution in [0.5, 0.6) is 0 Å². The Labute approximate surface area is 162 Å². The Kier molecular flexibility index (Phi) is 8.98. The maximum Gasteiger partial charge on any atom is 0.271 e. The molecule has 4 N–H and O–H groups in total. The summed E-state index contributed by atoms with van der Waals surface area (Å²) in [6.45, 7) is 13.8. The summed E-state index contributed by atoms with van der Waals surface area (Å²) in [7, 11) is 0.